The fourth-order valence-electron chi connectivity index (χ4n) is 3.27. The van der Waals surface area contributed by atoms with E-state index in [4.69, 9.17) is 44.3 Å². The minimum Gasteiger partial charge on any atom is -0.493 e. The van der Waals surface area contributed by atoms with Gasteiger partial charge in [-0.2, -0.15) is 0 Å². The van der Waals surface area contributed by atoms with Crippen molar-refractivity contribution < 1.29 is 28.2 Å². The highest BCUT2D eigenvalue weighted by molar-refractivity contribution is 8.18. The molecule has 3 aromatic rings. The molecule has 0 aliphatic carbocycles. The SMILES string of the molecule is COc1cc(/C=C2\SC(=O)N(Cc3ccc(F)cc3Cl)C2=O)cc(Cl)c1OC(=O)c1ccc(Cl)cc1. The molecule has 0 N–H and O–H groups in total. The summed E-state index contributed by atoms with van der Waals surface area (Å²) in [5.74, 6) is -1.59. The summed E-state index contributed by atoms with van der Waals surface area (Å²) in [4.78, 5) is 39.0. The number of carbonyl (C=O) groups is 3. The minimum absolute atomic E-state index is 0.00433. The molecular weight excluding hydrogens is 552 g/mol. The van der Waals surface area contributed by atoms with Gasteiger partial charge in [0.25, 0.3) is 11.1 Å². The van der Waals surface area contributed by atoms with Crippen LogP contribution >= 0.6 is 46.6 Å². The van der Waals surface area contributed by atoms with Gasteiger partial charge >= 0.3 is 5.97 Å². The molecule has 6 nitrogen and oxygen atoms in total. The molecule has 2 amide bonds. The van der Waals surface area contributed by atoms with E-state index in [-0.39, 0.29) is 38.6 Å². The van der Waals surface area contributed by atoms with E-state index in [1.54, 1.807) is 12.1 Å². The second-order valence-electron chi connectivity index (χ2n) is 7.43. The Morgan fingerprint density at radius 3 is 2.42 bits per heavy atom. The predicted molar refractivity (Wildman–Crippen MR) is 137 cm³/mol. The summed E-state index contributed by atoms with van der Waals surface area (Å²) in [7, 11) is 1.37. The third-order valence-electron chi connectivity index (χ3n) is 5.04. The number of esters is 1. The van der Waals surface area contributed by atoms with Crippen LogP contribution < -0.4 is 9.47 Å². The maximum atomic E-state index is 13.3. The average Bonchev–Trinajstić information content (AvgIpc) is 3.09. The van der Waals surface area contributed by atoms with E-state index >= 15 is 0 Å². The van der Waals surface area contributed by atoms with Crippen LogP contribution in [0.3, 0.4) is 0 Å². The summed E-state index contributed by atoms with van der Waals surface area (Å²) in [5.41, 5.74) is 1.13. The van der Waals surface area contributed by atoms with Crippen LogP contribution in [0.25, 0.3) is 6.08 Å². The van der Waals surface area contributed by atoms with Crippen LogP contribution in [0.4, 0.5) is 9.18 Å². The zero-order valence-electron chi connectivity index (χ0n) is 18.4. The van der Waals surface area contributed by atoms with Crippen molar-refractivity contribution in [1.29, 1.82) is 0 Å². The van der Waals surface area contributed by atoms with E-state index in [9.17, 15) is 18.8 Å². The van der Waals surface area contributed by atoms with Crippen LogP contribution in [0.2, 0.25) is 15.1 Å². The van der Waals surface area contributed by atoms with Crippen molar-refractivity contribution in [2.24, 2.45) is 0 Å². The molecule has 36 heavy (non-hydrogen) atoms. The van der Waals surface area contributed by atoms with E-state index in [1.165, 1.54) is 49.6 Å². The van der Waals surface area contributed by atoms with Gasteiger partial charge in [0.05, 0.1) is 29.1 Å². The first-order chi connectivity index (χ1) is 17.2. The molecule has 0 aromatic heterocycles. The fourth-order valence-corrected chi connectivity index (χ4v) is 4.72. The third kappa shape index (κ3) is 5.68. The van der Waals surface area contributed by atoms with Gasteiger partial charge in [0.1, 0.15) is 5.82 Å². The second kappa shape index (κ2) is 10.9. The molecule has 184 valence electrons. The Bertz CT molecular complexity index is 1410. The van der Waals surface area contributed by atoms with Crippen LogP contribution in [-0.4, -0.2) is 29.1 Å². The molecule has 0 spiro atoms. The summed E-state index contributed by atoms with van der Waals surface area (Å²) in [5, 5.41) is 0.133. The highest BCUT2D eigenvalue weighted by Crippen LogP contribution is 2.40. The summed E-state index contributed by atoms with van der Waals surface area (Å²) >= 11 is 19.0. The molecule has 1 saturated heterocycles. The van der Waals surface area contributed by atoms with Gasteiger partial charge in [-0.3, -0.25) is 14.5 Å². The molecule has 3 aromatic carbocycles. The van der Waals surface area contributed by atoms with Crippen molar-refractivity contribution in [3.63, 3.8) is 0 Å². The van der Waals surface area contributed by atoms with E-state index < -0.39 is 22.9 Å². The number of thioether (sulfide) groups is 1. The van der Waals surface area contributed by atoms with Gasteiger partial charge in [0.2, 0.25) is 0 Å². The zero-order chi connectivity index (χ0) is 26.0. The lowest BCUT2D eigenvalue weighted by molar-refractivity contribution is -0.123. The number of carbonyl (C=O) groups excluding carboxylic acids is 3. The topological polar surface area (TPSA) is 72.9 Å². The first-order valence-corrected chi connectivity index (χ1v) is 12.2. The smallest absolute Gasteiger partial charge is 0.343 e. The number of imide groups is 1. The first kappa shape index (κ1) is 26.0. The molecule has 11 heteroatoms. The van der Waals surface area contributed by atoms with Gasteiger partial charge in [-0.15, -0.1) is 0 Å². The standard InChI is InChI=1S/C25H15Cl3FNO5S/c1-34-20-9-13(8-19(28)22(20)35-24(32)14-2-5-16(26)6-3-14)10-21-23(31)30(25(33)36-21)12-15-4-7-17(29)11-18(15)27/h2-11H,12H2,1H3/b21-10-. The number of ether oxygens (including phenoxy) is 2. The van der Waals surface area contributed by atoms with Crippen molar-refractivity contribution in [2.45, 2.75) is 6.54 Å². The van der Waals surface area contributed by atoms with Gasteiger partial charge in [0.15, 0.2) is 11.5 Å². The van der Waals surface area contributed by atoms with Crippen LogP contribution in [0.1, 0.15) is 21.5 Å². The maximum Gasteiger partial charge on any atom is 0.343 e. The van der Waals surface area contributed by atoms with Crippen molar-refractivity contribution in [1.82, 2.24) is 4.90 Å². The maximum absolute atomic E-state index is 13.3. The molecule has 0 saturated carbocycles. The van der Waals surface area contributed by atoms with Crippen molar-refractivity contribution >= 4 is 69.8 Å². The van der Waals surface area contributed by atoms with Gasteiger partial charge in [0, 0.05) is 10.0 Å². The van der Waals surface area contributed by atoms with Gasteiger partial charge in [-0.1, -0.05) is 40.9 Å². The summed E-state index contributed by atoms with van der Waals surface area (Å²) < 4.78 is 24.1. The number of hydrogen-bond donors (Lipinski definition) is 0. The van der Waals surface area contributed by atoms with Crippen molar-refractivity contribution in [3.05, 3.63) is 97.1 Å². The van der Waals surface area contributed by atoms with E-state index in [0.29, 0.717) is 16.1 Å². The van der Waals surface area contributed by atoms with Crippen LogP contribution in [0.15, 0.2) is 59.5 Å². The second-order valence-corrected chi connectivity index (χ2v) is 9.68. The summed E-state index contributed by atoms with van der Waals surface area (Å²) in [6.07, 6.45) is 1.47. The Morgan fingerprint density at radius 2 is 1.75 bits per heavy atom. The molecule has 1 heterocycles. The molecule has 0 radical (unpaired) electrons. The monoisotopic (exact) mass is 565 g/mol. The van der Waals surface area contributed by atoms with Crippen LogP contribution in [0, 0.1) is 5.82 Å². The summed E-state index contributed by atoms with van der Waals surface area (Å²) in [6.45, 7) is -0.106. The van der Waals surface area contributed by atoms with Crippen LogP contribution in [0.5, 0.6) is 11.5 Å². The van der Waals surface area contributed by atoms with Gasteiger partial charge in [-0.25, -0.2) is 9.18 Å². The number of methoxy groups -OCH3 is 1. The van der Waals surface area contributed by atoms with E-state index in [0.717, 1.165) is 22.7 Å². The van der Waals surface area contributed by atoms with E-state index in [2.05, 4.69) is 0 Å². The molecule has 1 fully saturated rings. The Balaban J connectivity index is 1.56. The Labute approximate surface area is 224 Å². The fraction of sp³-hybridized carbons (Fsp3) is 0.0800. The highest BCUT2D eigenvalue weighted by Gasteiger charge is 2.35. The number of halogens is 4. The summed E-state index contributed by atoms with van der Waals surface area (Å²) in [6, 6.07) is 12.8. The lowest BCUT2D eigenvalue weighted by Crippen LogP contribution is -2.27. The molecule has 0 unspecified atom stereocenters. The number of hydrogen-bond acceptors (Lipinski definition) is 6. The molecular formula is C25H15Cl3FNO5S. The number of amides is 2. The molecule has 1 aliphatic heterocycles. The zero-order valence-corrected chi connectivity index (χ0v) is 21.5. The molecule has 1 aliphatic rings. The Hall–Kier alpha value is -3.04. The molecule has 0 atom stereocenters. The van der Waals surface area contributed by atoms with Crippen LogP contribution in [-0.2, 0) is 11.3 Å². The molecule has 4 rings (SSSR count). The van der Waals surface area contributed by atoms with E-state index in [1.807, 2.05) is 0 Å². The lowest BCUT2D eigenvalue weighted by Gasteiger charge is -2.14. The average molecular weight is 567 g/mol. The van der Waals surface area contributed by atoms with Crippen molar-refractivity contribution in [3.8, 4) is 11.5 Å². The Morgan fingerprint density at radius 1 is 1.03 bits per heavy atom. The minimum atomic E-state index is -0.666. The van der Waals surface area contributed by atoms with Gasteiger partial charge in [-0.05, 0) is 77.5 Å². The number of nitrogens with zero attached hydrogens (tertiary/aromatic N) is 1. The molecule has 0 bridgehead atoms. The third-order valence-corrected chi connectivity index (χ3v) is 6.83. The first-order valence-electron chi connectivity index (χ1n) is 10.2. The Kier molecular flexibility index (Phi) is 7.90. The van der Waals surface area contributed by atoms with Gasteiger partial charge < -0.3 is 9.47 Å². The quantitative estimate of drug-likeness (QED) is 0.178. The largest absolute Gasteiger partial charge is 0.493 e. The predicted octanol–water partition coefficient (Wildman–Crippen LogP) is 7.25. The highest BCUT2D eigenvalue weighted by atomic mass is 35.5. The normalized spacial score (nSPS) is 14.5. The number of rotatable bonds is 6. The lowest BCUT2D eigenvalue weighted by atomic mass is 10.1. The number of benzene rings is 3. The van der Waals surface area contributed by atoms with Crippen molar-refractivity contribution in [2.75, 3.05) is 7.11 Å².